The highest BCUT2D eigenvalue weighted by molar-refractivity contribution is 5.10. The van der Waals surface area contributed by atoms with Crippen LogP contribution in [0.25, 0.3) is 0 Å². The van der Waals surface area contributed by atoms with E-state index in [0.717, 1.165) is 4.48 Å². The number of likely N-dealkylation sites (tertiary alicyclic amines) is 1. The minimum Gasteiger partial charge on any atom is -1.00 e. The fourth-order valence-corrected chi connectivity index (χ4v) is 2.74. The van der Waals surface area contributed by atoms with E-state index in [-0.39, 0.29) is 24.0 Å². The molecule has 1 saturated heterocycles. The number of pyridine rings is 1. The van der Waals surface area contributed by atoms with Gasteiger partial charge in [-0.3, -0.25) is 0 Å². The summed E-state index contributed by atoms with van der Waals surface area (Å²) in [6.45, 7) is 1.91. The smallest absolute Gasteiger partial charge is 0.252 e. The van der Waals surface area contributed by atoms with Gasteiger partial charge in [0.25, 0.3) is 6.73 Å². The Morgan fingerprint density at radius 3 is 2.82 bits per heavy atom. The molecule has 0 spiro atoms. The lowest BCUT2D eigenvalue weighted by Gasteiger charge is -2.31. The number of hydrogen-bond donors (Lipinski definition) is 0. The van der Waals surface area contributed by atoms with Gasteiger partial charge in [-0.1, -0.05) is 0 Å². The van der Waals surface area contributed by atoms with Crippen molar-refractivity contribution in [3.63, 3.8) is 0 Å². The Hall–Kier alpha value is -0.200. The van der Waals surface area contributed by atoms with Crippen molar-refractivity contribution in [2.24, 2.45) is 0 Å². The first-order chi connectivity index (χ1) is 7.63. The van der Waals surface area contributed by atoms with Gasteiger partial charge in [0.15, 0.2) is 12.4 Å². The first-order valence-corrected chi connectivity index (χ1v) is 5.94. The molecule has 4 heteroatoms. The molecule has 3 nitrogen and oxygen atoms in total. The van der Waals surface area contributed by atoms with Crippen LogP contribution in [0, 0.1) is 0 Å². The molecule has 0 radical (unpaired) electrons. The summed E-state index contributed by atoms with van der Waals surface area (Å²) in [4.78, 5) is 0. The number of halogens is 1. The maximum absolute atomic E-state index is 5.16. The number of methoxy groups -OCH3 is 1. The molecule has 1 fully saturated rings. The van der Waals surface area contributed by atoms with E-state index in [1.54, 1.807) is 7.11 Å². The molecule has 1 unspecified atom stereocenters. The summed E-state index contributed by atoms with van der Waals surface area (Å²) in [6, 6.07) is 5.00. The molecule has 1 aromatic heterocycles. The molecular weight excluding hydrogens is 327 g/mol. The predicted octanol–water partition coefficient (Wildman–Crippen LogP) is -1.51. The van der Waals surface area contributed by atoms with Crippen molar-refractivity contribution in [2.75, 3.05) is 27.7 Å². The van der Waals surface area contributed by atoms with Gasteiger partial charge in [0.05, 0.1) is 26.2 Å². The van der Waals surface area contributed by atoms with E-state index in [9.17, 15) is 0 Å². The molecule has 0 aliphatic carbocycles. The first-order valence-electron chi connectivity index (χ1n) is 5.94. The van der Waals surface area contributed by atoms with E-state index in [4.69, 9.17) is 4.74 Å². The fourth-order valence-electron chi connectivity index (χ4n) is 2.74. The van der Waals surface area contributed by atoms with Crippen LogP contribution in [0.5, 0.6) is 0 Å². The van der Waals surface area contributed by atoms with Gasteiger partial charge in [-0.15, -0.1) is 0 Å². The summed E-state index contributed by atoms with van der Waals surface area (Å²) in [5.74, 6) is 0. The van der Waals surface area contributed by atoms with Gasteiger partial charge >= 0.3 is 0 Å². The van der Waals surface area contributed by atoms with Crippen molar-refractivity contribution in [2.45, 2.75) is 25.6 Å². The van der Waals surface area contributed by atoms with Gasteiger partial charge in [0, 0.05) is 26.0 Å². The highest BCUT2D eigenvalue weighted by atomic mass is 127. The van der Waals surface area contributed by atoms with Crippen LogP contribution < -0.4 is 28.5 Å². The quantitative estimate of drug-likeness (QED) is 0.368. The zero-order valence-corrected chi connectivity index (χ0v) is 13.1. The molecule has 1 aliphatic heterocycles. The minimum atomic E-state index is 0. The SMILES string of the molecule is COC[n+]1cccc(C2CCC[N+]2(C)C)c1.[I-]. The second-order valence-corrected chi connectivity index (χ2v) is 5.23. The van der Waals surface area contributed by atoms with E-state index < -0.39 is 0 Å². The predicted molar refractivity (Wildman–Crippen MR) is 62.6 cm³/mol. The lowest BCUT2D eigenvalue weighted by Crippen LogP contribution is -3.00. The second-order valence-electron chi connectivity index (χ2n) is 5.23. The average Bonchev–Trinajstić information content (AvgIpc) is 2.59. The van der Waals surface area contributed by atoms with E-state index in [2.05, 4.69) is 43.2 Å². The van der Waals surface area contributed by atoms with Gasteiger partial charge in [0.1, 0.15) is 6.04 Å². The summed E-state index contributed by atoms with van der Waals surface area (Å²) in [5, 5.41) is 0. The minimum absolute atomic E-state index is 0. The Morgan fingerprint density at radius 1 is 1.47 bits per heavy atom. The van der Waals surface area contributed by atoms with Crippen LogP contribution in [0.2, 0.25) is 0 Å². The van der Waals surface area contributed by atoms with Crippen LogP contribution in [0.15, 0.2) is 24.5 Å². The molecular formula is C13H22IN2O+. The van der Waals surface area contributed by atoms with Crippen molar-refractivity contribution in [3.05, 3.63) is 30.1 Å². The second kappa shape index (κ2) is 6.11. The van der Waals surface area contributed by atoms with Crippen molar-refractivity contribution in [3.8, 4) is 0 Å². The molecule has 1 aromatic rings. The molecule has 0 saturated carbocycles. The Balaban J connectivity index is 0.00000144. The normalized spacial score (nSPS) is 22.2. The molecule has 17 heavy (non-hydrogen) atoms. The molecule has 1 atom stereocenters. The largest absolute Gasteiger partial charge is 1.00 e. The van der Waals surface area contributed by atoms with Crippen LogP contribution in [0.3, 0.4) is 0 Å². The Labute approximate surface area is 121 Å². The summed E-state index contributed by atoms with van der Waals surface area (Å²) < 4.78 is 8.37. The average molecular weight is 349 g/mol. The van der Waals surface area contributed by atoms with Crippen LogP contribution in [-0.4, -0.2) is 32.2 Å². The topological polar surface area (TPSA) is 13.1 Å². The van der Waals surface area contributed by atoms with Crippen LogP contribution in [0.4, 0.5) is 0 Å². The van der Waals surface area contributed by atoms with Gasteiger partial charge in [-0.05, 0) is 6.07 Å². The standard InChI is InChI=1S/C13H22N2O.HI/c1-15(2)9-5-7-13(15)12-6-4-8-14(10-12)11-16-3;/h4,6,8,10,13H,5,7,9,11H2,1-3H3;1H/q+2;/p-1. The van der Waals surface area contributed by atoms with E-state index in [0.29, 0.717) is 12.8 Å². The molecule has 2 heterocycles. The van der Waals surface area contributed by atoms with E-state index in [1.165, 1.54) is 24.9 Å². The molecule has 0 bridgehead atoms. The van der Waals surface area contributed by atoms with E-state index in [1.807, 2.05) is 0 Å². The highest BCUT2D eigenvalue weighted by Gasteiger charge is 2.36. The lowest BCUT2D eigenvalue weighted by atomic mass is 10.1. The van der Waals surface area contributed by atoms with Gasteiger partial charge < -0.3 is 33.2 Å². The number of quaternary nitrogens is 1. The summed E-state index contributed by atoms with van der Waals surface area (Å²) in [5.41, 5.74) is 1.43. The first kappa shape index (κ1) is 14.9. The Bertz CT molecular complexity index is 368. The molecule has 2 rings (SSSR count). The monoisotopic (exact) mass is 349 g/mol. The zero-order valence-electron chi connectivity index (χ0n) is 10.9. The van der Waals surface area contributed by atoms with Crippen LogP contribution in [-0.2, 0) is 11.5 Å². The number of hydrogen-bond acceptors (Lipinski definition) is 1. The molecule has 0 N–H and O–H groups in total. The van der Waals surface area contributed by atoms with Gasteiger partial charge in [-0.25, -0.2) is 0 Å². The zero-order chi connectivity index (χ0) is 11.6. The Morgan fingerprint density at radius 2 is 2.24 bits per heavy atom. The number of nitrogens with zero attached hydrogens (tertiary/aromatic N) is 2. The maximum atomic E-state index is 5.16. The van der Waals surface area contributed by atoms with Gasteiger partial charge in [-0.2, -0.15) is 4.57 Å². The van der Waals surface area contributed by atoms with Crippen molar-refractivity contribution < 1.29 is 37.8 Å². The lowest BCUT2D eigenvalue weighted by molar-refractivity contribution is -0.908. The summed E-state index contributed by atoms with van der Waals surface area (Å²) in [7, 11) is 6.38. The molecule has 0 amide bonds. The highest BCUT2D eigenvalue weighted by Crippen LogP contribution is 2.34. The van der Waals surface area contributed by atoms with Crippen molar-refractivity contribution >= 4 is 0 Å². The Kier molecular flexibility index (Phi) is 5.34. The summed E-state index contributed by atoms with van der Waals surface area (Å²) >= 11 is 0. The number of rotatable bonds is 3. The van der Waals surface area contributed by atoms with Crippen LogP contribution >= 0.6 is 0 Å². The third kappa shape index (κ3) is 3.39. The van der Waals surface area contributed by atoms with Crippen molar-refractivity contribution in [1.29, 1.82) is 0 Å². The number of ether oxygens (including phenoxy) is 1. The van der Waals surface area contributed by atoms with Crippen LogP contribution in [0.1, 0.15) is 24.4 Å². The fraction of sp³-hybridized carbons (Fsp3) is 0.615. The maximum Gasteiger partial charge on any atom is 0.252 e. The third-order valence-electron chi connectivity index (χ3n) is 3.60. The third-order valence-corrected chi connectivity index (χ3v) is 3.60. The number of aromatic nitrogens is 1. The molecule has 0 aromatic carbocycles. The van der Waals surface area contributed by atoms with Gasteiger partial charge in [0.2, 0.25) is 0 Å². The van der Waals surface area contributed by atoms with E-state index >= 15 is 0 Å². The molecule has 1 aliphatic rings. The summed E-state index contributed by atoms with van der Waals surface area (Å²) in [6.07, 6.45) is 6.91. The molecule has 96 valence electrons. The van der Waals surface area contributed by atoms with Crippen molar-refractivity contribution in [1.82, 2.24) is 0 Å².